The summed E-state index contributed by atoms with van der Waals surface area (Å²) in [5.41, 5.74) is 5.40. The molecule has 2 nitrogen and oxygen atoms in total. The molecule has 0 saturated heterocycles. The Morgan fingerprint density at radius 1 is 0.833 bits per heavy atom. The molecule has 4 rings (SSSR count). The average molecular weight is 232 g/mol. The first-order valence-corrected chi connectivity index (χ1v) is 6.11. The summed E-state index contributed by atoms with van der Waals surface area (Å²) in [5, 5.41) is 0. The Morgan fingerprint density at radius 3 is 2.00 bits per heavy atom. The van der Waals surface area contributed by atoms with Gasteiger partial charge in [-0.05, 0) is 22.3 Å². The lowest BCUT2D eigenvalue weighted by Crippen LogP contribution is -2.06. The number of hydrogen-bond acceptors (Lipinski definition) is 1. The molecule has 18 heavy (non-hydrogen) atoms. The molecule has 86 valence electrons. The van der Waals surface area contributed by atoms with Gasteiger partial charge in [-0.3, -0.25) is 0 Å². The minimum Gasteiger partial charge on any atom is -0.326 e. The fourth-order valence-corrected chi connectivity index (χ4v) is 2.87. The second kappa shape index (κ2) is 3.57. The Hall–Kier alpha value is -2.35. The predicted molar refractivity (Wildman–Crippen MR) is 71.3 cm³/mol. The quantitative estimate of drug-likeness (QED) is 0.491. The number of hydrogen-bond donors (Lipinski definition) is 0. The Balaban J connectivity index is 2.04. The van der Waals surface area contributed by atoms with E-state index < -0.39 is 0 Å². The van der Waals surface area contributed by atoms with Gasteiger partial charge in [0.15, 0.2) is 0 Å². The summed E-state index contributed by atoms with van der Waals surface area (Å²) in [5.74, 6) is 0. The van der Waals surface area contributed by atoms with Crippen LogP contribution in [0.2, 0.25) is 0 Å². The van der Waals surface area contributed by atoms with E-state index >= 15 is 0 Å². The normalized spacial score (nSPS) is 13.3. The van der Waals surface area contributed by atoms with Crippen LogP contribution >= 0.6 is 0 Å². The number of fused-ring (bicyclic) bond motifs is 3. The molecule has 2 aromatic carbocycles. The van der Waals surface area contributed by atoms with Crippen molar-refractivity contribution in [3.05, 3.63) is 78.4 Å². The first-order chi connectivity index (χ1) is 8.95. The van der Waals surface area contributed by atoms with Crippen molar-refractivity contribution < 1.29 is 0 Å². The van der Waals surface area contributed by atoms with Crippen LogP contribution in [0.4, 0.5) is 0 Å². The van der Waals surface area contributed by atoms with Crippen LogP contribution in [0.5, 0.6) is 0 Å². The van der Waals surface area contributed by atoms with Crippen molar-refractivity contribution >= 4 is 0 Å². The second-order valence-corrected chi connectivity index (χ2v) is 4.59. The standard InChI is InChI=1S/C16H12N2/c1-3-7-14-12(5-1)13-6-2-4-8-15(13)16(14)18-10-9-17-11-18/h1-11,16H. The highest BCUT2D eigenvalue weighted by molar-refractivity contribution is 5.78. The number of rotatable bonds is 1. The van der Waals surface area contributed by atoms with E-state index in [-0.39, 0.29) is 6.04 Å². The van der Waals surface area contributed by atoms with Crippen LogP contribution in [0.15, 0.2) is 67.3 Å². The fourth-order valence-electron chi connectivity index (χ4n) is 2.87. The van der Waals surface area contributed by atoms with E-state index in [2.05, 4.69) is 58.1 Å². The fraction of sp³-hybridized carbons (Fsp3) is 0.0625. The van der Waals surface area contributed by atoms with E-state index in [1.807, 2.05) is 18.7 Å². The molecule has 1 aliphatic carbocycles. The molecule has 0 amide bonds. The molecule has 0 spiro atoms. The first kappa shape index (κ1) is 9.66. The maximum absolute atomic E-state index is 4.18. The van der Waals surface area contributed by atoms with E-state index in [0.717, 1.165) is 0 Å². The molecule has 2 heteroatoms. The van der Waals surface area contributed by atoms with Gasteiger partial charge in [-0.1, -0.05) is 48.5 Å². The summed E-state index contributed by atoms with van der Waals surface area (Å²) in [6.07, 6.45) is 5.76. The molecule has 1 aliphatic rings. The lowest BCUT2D eigenvalue weighted by Gasteiger charge is -2.14. The van der Waals surface area contributed by atoms with Crippen molar-refractivity contribution in [1.82, 2.24) is 9.55 Å². The van der Waals surface area contributed by atoms with Crippen molar-refractivity contribution in [3.63, 3.8) is 0 Å². The van der Waals surface area contributed by atoms with Crippen LogP contribution in [0, 0.1) is 0 Å². The molecular weight excluding hydrogens is 220 g/mol. The van der Waals surface area contributed by atoms with E-state index in [1.165, 1.54) is 22.3 Å². The molecule has 0 atom stereocenters. The molecule has 0 aliphatic heterocycles. The minimum atomic E-state index is 0.264. The summed E-state index contributed by atoms with van der Waals surface area (Å²) >= 11 is 0. The predicted octanol–water partition coefficient (Wildman–Crippen LogP) is 3.50. The van der Waals surface area contributed by atoms with E-state index in [0.29, 0.717) is 0 Å². The van der Waals surface area contributed by atoms with Crippen molar-refractivity contribution in [3.8, 4) is 11.1 Å². The highest BCUT2D eigenvalue weighted by Crippen LogP contribution is 2.44. The molecular formula is C16H12N2. The van der Waals surface area contributed by atoms with Gasteiger partial charge in [0.05, 0.1) is 12.4 Å². The molecule has 0 saturated carbocycles. The van der Waals surface area contributed by atoms with Gasteiger partial charge in [-0.2, -0.15) is 0 Å². The van der Waals surface area contributed by atoms with Gasteiger partial charge in [0.1, 0.15) is 0 Å². The number of nitrogens with zero attached hydrogens (tertiary/aromatic N) is 2. The highest BCUT2D eigenvalue weighted by atomic mass is 15.1. The van der Waals surface area contributed by atoms with Gasteiger partial charge in [-0.25, -0.2) is 4.98 Å². The summed E-state index contributed by atoms with van der Waals surface area (Å²) in [7, 11) is 0. The SMILES string of the molecule is c1ccc2c(c1)-c1ccccc1C2n1ccnc1. The Morgan fingerprint density at radius 2 is 1.44 bits per heavy atom. The van der Waals surface area contributed by atoms with Gasteiger partial charge in [0.25, 0.3) is 0 Å². The molecule has 0 fully saturated rings. The summed E-state index contributed by atoms with van der Waals surface area (Å²) < 4.78 is 2.17. The van der Waals surface area contributed by atoms with E-state index in [9.17, 15) is 0 Å². The maximum Gasteiger partial charge on any atom is 0.0954 e. The lowest BCUT2D eigenvalue weighted by atomic mass is 10.1. The maximum atomic E-state index is 4.18. The largest absolute Gasteiger partial charge is 0.326 e. The molecule has 1 heterocycles. The third-order valence-corrected chi connectivity index (χ3v) is 3.62. The Kier molecular flexibility index (Phi) is 1.92. The van der Waals surface area contributed by atoms with Crippen LogP contribution in [0.25, 0.3) is 11.1 Å². The number of aromatic nitrogens is 2. The van der Waals surface area contributed by atoms with Crippen LogP contribution < -0.4 is 0 Å². The summed E-state index contributed by atoms with van der Waals surface area (Å²) in [6, 6.07) is 17.5. The lowest BCUT2D eigenvalue weighted by molar-refractivity contribution is 0.692. The number of benzene rings is 2. The second-order valence-electron chi connectivity index (χ2n) is 4.59. The zero-order valence-corrected chi connectivity index (χ0v) is 9.82. The van der Waals surface area contributed by atoms with Crippen molar-refractivity contribution in [1.29, 1.82) is 0 Å². The van der Waals surface area contributed by atoms with Gasteiger partial charge in [0, 0.05) is 12.4 Å². The van der Waals surface area contributed by atoms with Crippen LogP contribution in [-0.4, -0.2) is 9.55 Å². The molecule has 0 bridgehead atoms. The zero-order chi connectivity index (χ0) is 11.9. The molecule has 3 aromatic rings. The van der Waals surface area contributed by atoms with Crippen LogP contribution in [0.1, 0.15) is 17.2 Å². The van der Waals surface area contributed by atoms with Gasteiger partial charge in [-0.15, -0.1) is 0 Å². The monoisotopic (exact) mass is 232 g/mol. The highest BCUT2D eigenvalue weighted by Gasteiger charge is 2.28. The molecule has 1 aromatic heterocycles. The Labute approximate surface area is 106 Å². The zero-order valence-electron chi connectivity index (χ0n) is 9.82. The minimum absolute atomic E-state index is 0.264. The van der Waals surface area contributed by atoms with E-state index in [1.54, 1.807) is 0 Å². The molecule has 0 N–H and O–H groups in total. The third kappa shape index (κ3) is 1.20. The summed E-state index contributed by atoms with van der Waals surface area (Å²) in [6.45, 7) is 0. The van der Waals surface area contributed by atoms with Crippen LogP contribution in [-0.2, 0) is 0 Å². The van der Waals surface area contributed by atoms with E-state index in [4.69, 9.17) is 0 Å². The molecule has 0 radical (unpaired) electrons. The van der Waals surface area contributed by atoms with Crippen molar-refractivity contribution in [2.75, 3.05) is 0 Å². The summed E-state index contributed by atoms with van der Waals surface area (Å²) in [4.78, 5) is 4.18. The van der Waals surface area contributed by atoms with Gasteiger partial charge in [0.2, 0.25) is 0 Å². The first-order valence-electron chi connectivity index (χ1n) is 6.11. The topological polar surface area (TPSA) is 17.8 Å². The Bertz CT molecular complexity index is 653. The van der Waals surface area contributed by atoms with Gasteiger partial charge >= 0.3 is 0 Å². The number of imidazole rings is 1. The van der Waals surface area contributed by atoms with Crippen molar-refractivity contribution in [2.45, 2.75) is 6.04 Å². The van der Waals surface area contributed by atoms with Crippen LogP contribution in [0.3, 0.4) is 0 Å². The molecule has 0 unspecified atom stereocenters. The third-order valence-electron chi connectivity index (χ3n) is 3.62. The van der Waals surface area contributed by atoms with Gasteiger partial charge < -0.3 is 4.57 Å². The smallest absolute Gasteiger partial charge is 0.0954 e. The van der Waals surface area contributed by atoms with Crippen molar-refractivity contribution in [2.24, 2.45) is 0 Å². The average Bonchev–Trinajstić information content (AvgIpc) is 3.03.